The number of hydrogen-bond donors (Lipinski definition) is 0. The molecule has 1 rings (SSSR count). The molecule has 1 aromatic rings. The predicted molar refractivity (Wildman–Crippen MR) is 98.5 cm³/mol. The topological polar surface area (TPSA) is 43.4 Å². The third kappa shape index (κ3) is 5.77. The number of rotatable bonds is 9. The lowest BCUT2D eigenvalue weighted by atomic mass is 9.90. The molecule has 24 heavy (non-hydrogen) atoms. The molecule has 1 unspecified atom stereocenters. The van der Waals surface area contributed by atoms with Gasteiger partial charge in [0, 0.05) is 12.0 Å². The second-order valence-corrected chi connectivity index (χ2v) is 7.10. The molecule has 1 atom stereocenters. The minimum atomic E-state index is -0.705. The third-order valence-corrected chi connectivity index (χ3v) is 4.28. The van der Waals surface area contributed by atoms with Crippen molar-refractivity contribution in [1.29, 1.82) is 0 Å². The van der Waals surface area contributed by atoms with Crippen molar-refractivity contribution in [3.05, 3.63) is 34.4 Å². The molecule has 0 aliphatic rings. The normalized spacial score (nSPS) is 12.3. The first kappa shape index (κ1) is 20.4. The van der Waals surface area contributed by atoms with Gasteiger partial charge in [-0.3, -0.25) is 9.59 Å². The van der Waals surface area contributed by atoms with Crippen LogP contribution in [-0.4, -0.2) is 17.9 Å². The number of hydrogen-bond acceptors (Lipinski definition) is 3. The molecule has 0 fully saturated rings. The Labute approximate surface area is 146 Å². The number of ether oxygens (including phenoxy) is 1. The van der Waals surface area contributed by atoms with E-state index in [4.69, 9.17) is 4.74 Å². The van der Waals surface area contributed by atoms with Gasteiger partial charge in [-0.1, -0.05) is 57.7 Å². The number of unbranched alkanes of at least 4 members (excludes halogenated alkanes) is 3. The summed E-state index contributed by atoms with van der Waals surface area (Å²) < 4.78 is 5.56. The summed E-state index contributed by atoms with van der Waals surface area (Å²) >= 11 is 0. The molecule has 134 valence electrons. The van der Waals surface area contributed by atoms with E-state index >= 15 is 0 Å². The Kier molecular flexibility index (Phi) is 8.17. The van der Waals surface area contributed by atoms with Crippen LogP contribution in [0.15, 0.2) is 12.1 Å². The fourth-order valence-corrected chi connectivity index (χ4v) is 3.10. The van der Waals surface area contributed by atoms with E-state index in [0.29, 0.717) is 12.0 Å². The molecule has 0 saturated carbocycles. The van der Waals surface area contributed by atoms with Crippen molar-refractivity contribution in [2.24, 2.45) is 5.92 Å². The van der Waals surface area contributed by atoms with Crippen LogP contribution in [0.1, 0.15) is 79.9 Å². The van der Waals surface area contributed by atoms with E-state index in [1.165, 1.54) is 0 Å². The quantitative estimate of drug-likeness (QED) is 0.348. The SMILES string of the molecule is CCCCCCC(=O)OC(C(=O)c1c(C)cc(C)cc1C)C(C)C. The van der Waals surface area contributed by atoms with Gasteiger partial charge >= 0.3 is 5.97 Å². The van der Waals surface area contributed by atoms with Gasteiger partial charge in [0.25, 0.3) is 0 Å². The second kappa shape index (κ2) is 9.61. The number of aryl methyl sites for hydroxylation is 3. The van der Waals surface area contributed by atoms with Crippen molar-refractivity contribution in [3.63, 3.8) is 0 Å². The van der Waals surface area contributed by atoms with E-state index in [2.05, 4.69) is 6.92 Å². The molecule has 3 heteroatoms. The Bertz CT molecular complexity index is 549. The molecular weight excluding hydrogens is 300 g/mol. The zero-order valence-corrected chi connectivity index (χ0v) is 16.1. The maximum absolute atomic E-state index is 13.0. The third-order valence-electron chi connectivity index (χ3n) is 4.28. The summed E-state index contributed by atoms with van der Waals surface area (Å²) in [4.78, 5) is 25.1. The van der Waals surface area contributed by atoms with E-state index in [1.807, 2.05) is 46.8 Å². The summed E-state index contributed by atoms with van der Waals surface area (Å²) in [5.74, 6) is -0.389. The Morgan fingerprint density at radius 1 is 1.00 bits per heavy atom. The van der Waals surface area contributed by atoms with Crippen molar-refractivity contribution in [2.75, 3.05) is 0 Å². The van der Waals surface area contributed by atoms with E-state index in [-0.39, 0.29) is 17.7 Å². The number of carbonyl (C=O) groups is 2. The largest absolute Gasteiger partial charge is 0.454 e. The van der Waals surface area contributed by atoms with Crippen molar-refractivity contribution < 1.29 is 14.3 Å². The first-order valence-corrected chi connectivity index (χ1v) is 9.09. The number of Topliss-reactive ketones (excluding diaryl/α,β-unsaturated/α-hetero) is 1. The van der Waals surface area contributed by atoms with Crippen molar-refractivity contribution in [3.8, 4) is 0 Å². The molecule has 0 aliphatic heterocycles. The lowest BCUT2D eigenvalue weighted by Crippen LogP contribution is -2.33. The van der Waals surface area contributed by atoms with Crippen LogP contribution in [0, 0.1) is 26.7 Å². The standard InChI is InChI=1S/C21H32O3/c1-7-8-9-10-11-18(22)24-21(14(2)3)20(23)19-16(5)12-15(4)13-17(19)6/h12-14,21H,7-11H2,1-6H3. The lowest BCUT2D eigenvalue weighted by Gasteiger charge is -2.22. The first-order valence-electron chi connectivity index (χ1n) is 9.09. The molecule has 0 bridgehead atoms. The zero-order valence-electron chi connectivity index (χ0n) is 16.1. The predicted octanol–water partition coefficient (Wildman–Crippen LogP) is 5.33. The maximum atomic E-state index is 13.0. The van der Waals surface area contributed by atoms with E-state index in [0.717, 1.165) is 42.4 Å². The van der Waals surface area contributed by atoms with Gasteiger partial charge in [0.1, 0.15) is 0 Å². The molecule has 0 amide bonds. The summed E-state index contributed by atoms with van der Waals surface area (Å²) in [7, 11) is 0. The van der Waals surface area contributed by atoms with E-state index < -0.39 is 6.10 Å². The van der Waals surface area contributed by atoms with Crippen LogP contribution < -0.4 is 0 Å². The van der Waals surface area contributed by atoms with Gasteiger partial charge in [0.05, 0.1) is 0 Å². The molecule has 3 nitrogen and oxygen atoms in total. The Morgan fingerprint density at radius 2 is 1.58 bits per heavy atom. The van der Waals surface area contributed by atoms with Gasteiger partial charge in [-0.05, 0) is 44.2 Å². The Hall–Kier alpha value is -1.64. The van der Waals surface area contributed by atoms with Gasteiger partial charge in [0.15, 0.2) is 6.10 Å². The minimum absolute atomic E-state index is 0.0443. The molecule has 1 aromatic carbocycles. The van der Waals surface area contributed by atoms with Crippen LogP contribution in [0.3, 0.4) is 0 Å². The number of esters is 1. The summed E-state index contributed by atoms with van der Waals surface area (Å²) in [6.45, 7) is 11.9. The van der Waals surface area contributed by atoms with Gasteiger partial charge in [0.2, 0.25) is 5.78 Å². The Balaban J connectivity index is 2.85. The van der Waals surface area contributed by atoms with Crippen molar-refractivity contribution in [1.82, 2.24) is 0 Å². The summed E-state index contributed by atoms with van der Waals surface area (Å²) in [5, 5.41) is 0. The van der Waals surface area contributed by atoms with Crippen molar-refractivity contribution >= 4 is 11.8 Å². The molecule has 0 aliphatic carbocycles. The van der Waals surface area contributed by atoms with Crippen LogP contribution in [0.4, 0.5) is 0 Å². The van der Waals surface area contributed by atoms with Crippen LogP contribution in [0.25, 0.3) is 0 Å². The second-order valence-electron chi connectivity index (χ2n) is 7.10. The molecular formula is C21H32O3. The molecule has 0 radical (unpaired) electrons. The van der Waals surface area contributed by atoms with E-state index in [1.54, 1.807) is 0 Å². The first-order chi connectivity index (χ1) is 11.3. The molecule has 0 aromatic heterocycles. The highest BCUT2D eigenvalue weighted by molar-refractivity contribution is 6.03. The van der Waals surface area contributed by atoms with Crippen LogP contribution >= 0.6 is 0 Å². The summed E-state index contributed by atoms with van der Waals surface area (Å²) in [6.07, 6.45) is 3.80. The maximum Gasteiger partial charge on any atom is 0.306 e. The van der Waals surface area contributed by atoms with Gasteiger partial charge in [-0.25, -0.2) is 0 Å². The van der Waals surface area contributed by atoms with Crippen LogP contribution in [-0.2, 0) is 9.53 Å². The zero-order chi connectivity index (χ0) is 18.3. The average Bonchev–Trinajstić information content (AvgIpc) is 2.47. The number of ketones is 1. The Morgan fingerprint density at radius 3 is 2.08 bits per heavy atom. The van der Waals surface area contributed by atoms with Crippen LogP contribution in [0.2, 0.25) is 0 Å². The minimum Gasteiger partial charge on any atom is -0.454 e. The van der Waals surface area contributed by atoms with Crippen LogP contribution in [0.5, 0.6) is 0 Å². The molecule has 0 heterocycles. The molecule has 0 N–H and O–H groups in total. The fourth-order valence-electron chi connectivity index (χ4n) is 3.10. The van der Waals surface area contributed by atoms with Crippen molar-refractivity contribution in [2.45, 2.75) is 79.8 Å². The molecule has 0 spiro atoms. The van der Waals surface area contributed by atoms with E-state index in [9.17, 15) is 9.59 Å². The van der Waals surface area contributed by atoms with Gasteiger partial charge in [-0.15, -0.1) is 0 Å². The smallest absolute Gasteiger partial charge is 0.306 e. The average molecular weight is 332 g/mol. The molecule has 0 saturated heterocycles. The highest BCUT2D eigenvalue weighted by atomic mass is 16.5. The monoisotopic (exact) mass is 332 g/mol. The lowest BCUT2D eigenvalue weighted by molar-refractivity contribution is -0.148. The van der Waals surface area contributed by atoms with Gasteiger partial charge in [-0.2, -0.15) is 0 Å². The fraction of sp³-hybridized carbons (Fsp3) is 0.619. The summed E-state index contributed by atoms with van der Waals surface area (Å²) in [6, 6.07) is 4.01. The highest BCUT2D eigenvalue weighted by Crippen LogP contribution is 2.22. The number of benzene rings is 1. The number of carbonyl (C=O) groups excluding carboxylic acids is 2. The van der Waals surface area contributed by atoms with Gasteiger partial charge < -0.3 is 4.74 Å². The summed E-state index contributed by atoms with van der Waals surface area (Å²) in [5.41, 5.74) is 3.72. The highest BCUT2D eigenvalue weighted by Gasteiger charge is 2.29.